The van der Waals surface area contributed by atoms with Crippen molar-refractivity contribution in [2.24, 2.45) is 5.41 Å². The van der Waals surface area contributed by atoms with Gasteiger partial charge in [0.25, 0.3) is 5.95 Å². The summed E-state index contributed by atoms with van der Waals surface area (Å²) in [4.78, 5) is 16.5. The first-order valence-corrected chi connectivity index (χ1v) is 6.39. The minimum Gasteiger partial charge on any atom is -0.463 e. The summed E-state index contributed by atoms with van der Waals surface area (Å²) >= 11 is 0. The Morgan fingerprint density at radius 3 is 2.65 bits per heavy atom. The van der Waals surface area contributed by atoms with Crippen molar-refractivity contribution in [1.29, 1.82) is 0 Å². The molecule has 8 heteroatoms. The molecule has 0 atom stereocenters. The third kappa shape index (κ3) is 3.87. The van der Waals surface area contributed by atoms with Gasteiger partial charge in [0.15, 0.2) is 0 Å². The maximum atomic E-state index is 5.60. The summed E-state index contributed by atoms with van der Waals surface area (Å²) in [6.07, 6.45) is 3.85. The Hall–Kier alpha value is -2.25. The number of ether oxygens (including phenoxy) is 1. The Balaban J connectivity index is 2.14. The topological polar surface area (TPSA) is 90.6 Å². The minimum absolute atomic E-state index is 0.202. The minimum atomic E-state index is 0.202. The molecule has 2 aromatic heterocycles. The lowest BCUT2D eigenvalue weighted by Crippen LogP contribution is -2.14. The van der Waals surface area contributed by atoms with E-state index in [1.807, 2.05) is 0 Å². The molecule has 0 spiro atoms. The van der Waals surface area contributed by atoms with Crippen LogP contribution in [0.25, 0.3) is 5.95 Å². The summed E-state index contributed by atoms with van der Waals surface area (Å²) < 4.78 is 7.06. The second-order valence-corrected chi connectivity index (χ2v) is 5.49. The molecule has 0 saturated heterocycles. The Morgan fingerprint density at radius 1 is 1.25 bits per heavy atom. The van der Waals surface area contributed by atoms with Gasteiger partial charge in [-0.3, -0.25) is 0 Å². The molecule has 8 nitrogen and oxygen atoms in total. The SMILES string of the molecule is CNc1nc(OCCC(C)(C)C)nc(-n2cncn2)n1. The van der Waals surface area contributed by atoms with Crippen LogP contribution in [-0.2, 0) is 0 Å². The second-order valence-electron chi connectivity index (χ2n) is 5.49. The van der Waals surface area contributed by atoms with Gasteiger partial charge in [-0.1, -0.05) is 20.8 Å². The number of hydrogen-bond donors (Lipinski definition) is 1. The zero-order chi connectivity index (χ0) is 14.6. The maximum absolute atomic E-state index is 5.60. The normalized spacial score (nSPS) is 11.4. The van der Waals surface area contributed by atoms with E-state index in [9.17, 15) is 0 Å². The third-order valence-electron chi connectivity index (χ3n) is 2.53. The summed E-state index contributed by atoms with van der Waals surface area (Å²) in [7, 11) is 1.74. The average molecular weight is 277 g/mol. The first-order valence-electron chi connectivity index (χ1n) is 6.39. The highest BCUT2D eigenvalue weighted by Crippen LogP contribution is 2.19. The molecule has 0 aromatic carbocycles. The van der Waals surface area contributed by atoms with E-state index in [2.05, 4.69) is 51.1 Å². The summed E-state index contributed by atoms with van der Waals surface area (Å²) in [6, 6.07) is 0.277. The van der Waals surface area contributed by atoms with Crippen LogP contribution in [0.2, 0.25) is 0 Å². The van der Waals surface area contributed by atoms with Gasteiger partial charge < -0.3 is 10.1 Å². The maximum Gasteiger partial charge on any atom is 0.323 e. The lowest BCUT2D eigenvalue weighted by molar-refractivity contribution is 0.228. The van der Waals surface area contributed by atoms with E-state index >= 15 is 0 Å². The highest BCUT2D eigenvalue weighted by atomic mass is 16.5. The van der Waals surface area contributed by atoms with Crippen LogP contribution in [-0.4, -0.2) is 43.4 Å². The predicted octanol–water partition coefficient (Wildman–Crippen LogP) is 1.31. The van der Waals surface area contributed by atoms with Crippen LogP contribution in [0.15, 0.2) is 12.7 Å². The molecule has 2 rings (SSSR count). The molecule has 0 aliphatic heterocycles. The van der Waals surface area contributed by atoms with Crippen LogP contribution in [0.4, 0.5) is 5.95 Å². The molecular formula is C12H19N7O. The molecule has 0 saturated carbocycles. The van der Waals surface area contributed by atoms with Crippen LogP contribution >= 0.6 is 0 Å². The standard InChI is InChI=1S/C12H19N7O/c1-12(2,3)5-6-20-11-17-9(13-4)16-10(18-11)19-8-14-7-15-19/h7-8H,5-6H2,1-4H3,(H,13,16,17,18). The van der Waals surface area contributed by atoms with E-state index < -0.39 is 0 Å². The zero-order valence-electron chi connectivity index (χ0n) is 12.2. The van der Waals surface area contributed by atoms with Crippen LogP contribution < -0.4 is 10.1 Å². The molecule has 2 heterocycles. The van der Waals surface area contributed by atoms with E-state index in [-0.39, 0.29) is 11.4 Å². The number of rotatable bonds is 5. The van der Waals surface area contributed by atoms with Gasteiger partial charge in [0.2, 0.25) is 5.95 Å². The zero-order valence-corrected chi connectivity index (χ0v) is 12.2. The van der Waals surface area contributed by atoms with E-state index in [1.165, 1.54) is 17.3 Å². The fraction of sp³-hybridized carbons (Fsp3) is 0.583. The van der Waals surface area contributed by atoms with Crippen molar-refractivity contribution in [1.82, 2.24) is 29.7 Å². The molecule has 0 aliphatic rings. The van der Waals surface area contributed by atoms with Gasteiger partial charge in [0.1, 0.15) is 12.7 Å². The molecule has 0 aliphatic carbocycles. The van der Waals surface area contributed by atoms with Crippen molar-refractivity contribution in [2.75, 3.05) is 19.0 Å². The Bertz CT molecular complexity index is 547. The van der Waals surface area contributed by atoms with Gasteiger partial charge in [0.05, 0.1) is 6.61 Å². The summed E-state index contributed by atoms with van der Waals surface area (Å²) in [5.41, 5.74) is 0.202. The van der Waals surface area contributed by atoms with E-state index in [0.717, 1.165) is 6.42 Å². The molecule has 108 valence electrons. The fourth-order valence-electron chi connectivity index (χ4n) is 1.38. The van der Waals surface area contributed by atoms with Crippen molar-refractivity contribution in [3.63, 3.8) is 0 Å². The number of anilines is 1. The van der Waals surface area contributed by atoms with Crippen molar-refractivity contribution >= 4 is 5.95 Å². The Morgan fingerprint density at radius 2 is 2.05 bits per heavy atom. The molecule has 0 bridgehead atoms. The summed E-state index contributed by atoms with van der Waals surface area (Å²) in [6.45, 7) is 7.02. The number of nitrogens with one attached hydrogen (secondary N) is 1. The average Bonchev–Trinajstić information content (AvgIpc) is 2.90. The number of aromatic nitrogens is 6. The van der Waals surface area contributed by atoms with Crippen LogP contribution in [0.5, 0.6) is 6.01 Å². The highest BCUT2D eigenvalue weighted by molar-refractivity contribution is 5.28. The van der Waals surface area contributed by atoms with E-state index in [4.69, 9.17) is 4.74 Å². The van der Waals surface area contributed by atoms with Crippen molar-refractivity contribution < 1.29 is 4.74 Å². The van der Waals surface area contributed by atoms with Gasteiger partial charge >= 0.3 is 6.01 Å². The Labute approximate surface area is 117 Å². The van der Waals surface area contributed by atoms with Gasteiger partial charge in [0, 0.05) is 7.05 Å². The molecular weight excluding hydrogens is 258 g/mol. The highest BCUT2D eigenvalue weighted by Gasteiger charge is 2.12. The van der Waals surface area contributed by atoms with Gasteiger partial charge in [-0.15, -0.1) is 0 Å². The summed E-state index contributed by atoms with van der Waals surface area (Å²) in [5, 5.41) is 6.86. The quantitative estimate of drug-likeness (QED) is 0.881. The van der Waals surface area contributed by atoms with Crippen LogP contribution in [0, 0.1) is 5.41 Å². The number of hydrogen-bond acceptors (Lipinski definition) is 7. The van der Waals surface area contributed by atoms with Gasteiger partial charge in [-0.05, 0) is 11.8 Å². The van der Waals surface area contributed by atoms with Crippen LogP contribution in [0.1, 0.15) is 27.2 Å². The van der Waals surface area contributed by atoms with Gasteiger partial charge in [-0.25, -0.2) is 4.98 Å². The Kier molecular flexibility index (Phi) is 4.11. The monoisotopic (exact) mass is 277 g/mol. The predicted molar refractivity (Wildman–Crippen MR) is 73.9 cm³/mol. The fourth-order valence-corrected chi connectivity index (χ4v) is 1.38. The second kappa shape index (κ2) is 5.81. The third-order valence-corrected chi connectivity index (χ3v) is 2.53. The number of nitrogens with zero attached hydrogens (tertiary/aromatic N) is 6. The lowest BCUT2D eigenvalue weighted by atomic mass is 9.93. The first kappa shape index (κ1) is 14.2. The smallest absolute Gasteiger partial charge is 0.323 e. The molecule has 2 aromatic rings. The molecule has 0 radical (unpaired) electrons. The van der Waals surface area contributed by atoms with Crippen LogP contribution in [0.3, 0.4) is 0 Å². The molecule has 0 fully saturated rings. The molecule has 20 heavy (non-hydrogen) atoms. The van der Waals surface area contributed by atoms with Crippen molar-refractivity contribution in [3.8, 4) is 12.0 Å². The van der Waals surface area contributed by atoms with Gasteiger partial charge in [-0.2, -0.15) is 24.7 Å². The van der Waals surface area contributed by atoms with Crippen molar-refractivity contribution in [2.45, 2.75) is 27.2 Å². The molecule has 1 N–H and O–H groups in total. The van der Waals surface area contributed by atoms with Crippen molar-refractivity contribution in [3.05, 3.63) is 12.7 Å². The molecule has 0 unspecified atom stereocenters. The largest absolute Gasteiger partial charge is 0.463 e. The molecule has 0 amide bonds. The summed E-state index contributed by atoms with van der Waals surface area (Å²) in [5.74, 6) is 0.795. The van der Waals surface area contributed by atoms with E-state index in [1.54, 1.807) is 7.05 Å². The van der Waals surface area contributed by atoms with E-state index in [0.29, 0.717) is 18.5 Å². The first-order chi connectivity index (χ1) is 9.48. The lowest BCUT2D eigenvalue weighted by Gasteiger charge is -2.17.